The normalized spacial score (nSPS) is 52.2. The fraction of sp³-hybridized carbons (Fsp3) is 0.684. The molecule has 0 saturated heterocycles. The van der Waals surface area contributed by atoms with Crippen LogP contribution in [0.3, 0.4) is 0 Å². The number of hydrogen-bond acceptors (Lipinski definition) is 5. The Bertz CT molecular complexity index is 757. The first-order chi connectivity index (χ1) is 12.0. The molecule has 2 bridgehead atoms. The highest BCUT2D eigenvalue weighted by Crippen LogP contribution is 2.73. The van der Waals surface area contributed by atoms with Gasteiger partial charge in [-0.2, -0.15) is 0 Å². The maximum atomic E-state index is 12.3. The molecule has 0 aliphatic heterocycles. The molecular weight excluding hydrogens is 340 g/mol. The molecule has 3 saturated carbocycles. The Hall–Kier alpha value is -1.70. The van der Waals surface area contributed by atoms with Gasteiger partial charge in [0.05, 0.1) is 23.7 Å². The van der Waals surface area contributed by atoms with Crippen molar-refractivity contribution in [1.82, 2.24) is 0 Å². The Morgan fingerprint density at radius 2 is 1.92 bits per heavy atom. The van der Waals surface area contributed by atoms with Gasteiger partial charge in [0.25, 0.3) is 0 Å². The quantitative estimate of drug-likeness (QED) is 0.451. The SMILES string of the molecule is C=C1C[C@]23C[C@@]1(O)CC[C@H]2C1=C[C@@H](O)[C@H](O)[C@@](C)(C(=O)O)[C@H]1[C@@H]3C(=O)O. The van der Waals surface area contributed by atoms with Crippen LogP contribution in [-0.2, 0) is 9.59 Å². The van der Waals surface area contributed by atoms with Crippen molar-refractivity contribution in [3.63, 3.8) is 0 Å². The molecule has 8 atom stereocenters. The average Bonchev–Trinajstić information content (AvgIpc) is 2.92. The molecule has 1 spiro atoms. The Balaban J connectivity index is 1.96. The van der Waals surface area contributed by atoms with Crippen LogP contribution in [0.25, 0.3) is 0 Å². The summed E-state index contributed by atoms with van der Waals surface area (Å²) in [4.78, 5) is 24.4. The third-order valence-electron chi connectivity index (χ3n) is 7.75. The first-order valence-corrected chi connectivity index (χ1v) is 8.93. The van der Waals surface area contributed by atoms with E-state index in [1.54, 1.807) is 0 Å². The molecule has 4 aliphatic rings. The second-order valence-electron chi connectivity index (χ2n) is 8.80. The molecule has 0 radical (unpaired) electrons. The summed E-state index contributed by atoms with van der Waals surface area (Å²) in [6.45, 7) is 5.28. The van der Waals surface area contributed by atoms with E-state index in [1.165, 1.54) is 13.0 Å². The molecule has 4 rings (SSSR count). The number of hydrogen-bond donors (Lipinski definition) is 5. The number of aliphatic carboxylic acids is 2. The van der Waals surface area contributed by atoms with E-state index in [0.29, 0.717) is 30.4 Å². The third kappa shape index (κ3) is 1.78. The summed E-state index contributed by atoms with van der Waals surface area (Å²) in [6.07, 6.45) is 0.00257. The van der Waals surface area contributed by atoms with Gasteiger partial charge in [0.15, 0.2) is 0 Å². The van der Waals surface area contributed by atoms with Gasteiger partial charge in [-0.05, 0) is 49.5 Å². The lowest BCUT2D eigenvalue weighted by Gasteiger charge is -2.44. The van der Waals surface area contributed by atoms with Crippen LogP contribution < -0.4 is 0 Å². The minimum atomic E-state index is -1.82. The van der Waals surface area contributed by atoms with Crippen LogP contribution in [-0.4, -0.2) is 55.3 Å². The molecular formula is C19H24O7. The Kier molecular flexibility index (Phi) is 3.38. The van der Waals surface area contributed by atoms with Crippen molar-refractivity contribution < 1.29 is 35.1 Å². The van der Waals surface area contributed by atoms with Gasteiger partial charge in [-0.15, -0.1) is 0 Å². The predicted molar refractivity (Wildman–Crippen MR) is 88.9 cm³/mol. The highest BCUT2D eigenvalue weighted by molar-refractivity contribution is 5.81. The topological polar surface area (TPSA) is 135 Å². The molecule has 4 aliphatic carbocycles. The molecule has 7 nitrogen and oxygen atoms in total. The molecule has 0 aromatic carbocycles. The van der Waals surface area contributed by atoms with Gasteiger partial charge in [0.2, 0.25) is 0 Å². The summed E-state index contributed by atoms with van der Waals surface area (Å²) in [5, 5.41) is 51.6. The van der Waals surface area contributed by atoms with Gasteiger partial charge >= 0.3 is 11.9 Å². The standard InChI is InChI=1S/C19H24O7/c1-8-6-18-7-19(8,26)4-3-10(18)9-5-11(20)14(21)17(2,16(24)25)12(9)13(18)15(22)23/h5,10-14,20-21,26H,1,3-4,6-7H2,2H3,(H,22,23)(H,24,25)/t10-,11+,12+,13+,14-,17-,18-,19-/m0/s1. The molecule has 0 heterocycles. The van der Waals surface area contributed by atoms with Gasteiger partial charge in [-0.1, -0.05) is 18.2 Å². The molecule has 5 N–H and O–H groups in total. The molecule has 0 unspecified atom stereocenters. The molecule has 0 aromatic heterocycles. The zero-order chi connectivity index (χ0) is 19.2. The predicted octanol–water partition coefficient (Wildman–Crippen LogP) is 0.547. The molecule has 26 heavy (non-hydrogen) atoms. The highest BCUT2D eigenvalue weighted by atomic mass is 16.4. The van der Waals surface area contributed by atoms with Crippen LogP contribution in [0, 0.1) is 28.6 Å². The van der Waals surface area contributed by atoms with Gasteiger partial charge < -0.3 is 25.5 Å². The fourth-order valence-electron chi connectivity index (χ4n) is 6.54. The molecule has 3 fully saturated rings. The number of carboxylic acids is 2. The summed E-state index contributed by atoms with van der Waals surface area (Å²) in [6, 6.07) is 0. The number of allylic oxidation sites excluding steroid dienone is 1. The number of aliphatic hydroxyl groups excluding tert-OH is 2. The monoisotopic (exact) mass is 364 g/mol. The van der Waals surface area contributed by atoms with E-state index < -0.39 is 52.4 Å². The van der Waals surface area contributed by atoms with Gasteiger partial charge in [-0.25, -0.2) is 0 Å². The van der Waals surface area contributed by atoms with Crippen molar-refractivity contribution in [3.05, 3.63) is 23.8 Å². The van der Waals surface area contributed by atoms with Gasteiger partial charge in [0, 0.05) is 5.92 Å². The third-order valence-corrected chi connectivity index (χ3v) is 7.75. The number of rotatable bonds is 2. The zero-order valence-electron chi connectivity index (χ0n) is 14.6. The fourth-order valence-corrected chi connectivity index (χ4v) is 6.54. The average molecular weight is 364 g/mol. The molecule has 7 heteroatoms. The van der Waals surface area contributed by atoms with Gasteiger partial charge in [-0.3, -0.25) is 9.59 Å². The highest BCUT2D eigenvalue weighted by Gasteiger charge is 2.73. The minimum Gasteiger partial charge on any atom is -0.481 e. The van der Waals surface area contributed by atoms with Crippen LogP contribution in [0.2, 0.25) is 0 Å². The van der Waals surface area contributed by atoms with E-state index in [-0.39, 0.29) is 12.3 Å². The maximum Gasteiger partial charge on any atom is 0.312 e. The van der Waals surface area contributed by atoms with Crippen molar-refractivity contribution >= 4 is 11.9 Å². The first kappa shape index (κ1) is 17.7. The maximum absolute atomic E-state index is 12.3. The van der Waals surface area contributed by atoms with Crippen LogP contribution in [0.15, 0.2) is 23.8 Å². The van der Waals surface area contributed by atoms with E-state index >= 15 is 0 Å². The lowest BCUT2D eigenvalue weighted by atomic mass is 9.60. The number of carboxylic acid groups (broad SMARTS) is 2. The summed E-state index contributed by atoms with van der Waals surface area (Å²) in [5.74, 6) is -4.69. The zero-order valence-corrected chi connectivity index (χ0v) is 14.6. The summed E-state index contributed by atoms with van der Waals surface area (Å²) in [5.41, 5.74) is -2.55. The Morgan fingerprint density at radius 3 is 2.50 bits per heavy atom. The first-order valence-electron chi connectivity index (χ1n) is 8.93. The van der Waals surface area contributed by atoms with Crippen LogP contribution >= 0.6 is 0 Å². The van der Waals surface area contributed by atoms with Crippen molar-refractivity contribution in [2.24, 2.45) is 28.6 Å². The van der Waals surface area contributed by atoms with E-state index in [4.69, 9.17) is 0 Å². The van der Waals surface area contributed by atoms with E-state index in [1.807, 2.05) is 0 Å². The van der Waals surface area contributed by atoms with E-state index in [2.05, 4.69) is 6.58 Å². The second kappa shape index (κ2) is 4.97. The summed E-state index contributed by atoms with van der Waals surface area (Å²) in [7, 11) is 0. The molecule has 142 valence electrons. The number of fused-ring (bicyclic) bond motifs is 3. The number of aliphatic hydroxyl groups is 3. The Labute approximate surface area is 150 Å². The number of carbonyl (C=O) groups is 2. The van der Waals surface area contributed by atoms with E-state index in [0.717, 1.165) is 0 Å². The van der Waals surface area contributed by atoms with Crippen molar-refractivity contribution in [3.8, 4) is 0 Å². The lowest BCUT2D eigenvalue weighted by molar-refractivity contribution is -0.173. The van der Waals surface area contributed by atoms with Gasteiger partial charge in [0.1, 0.15) is 5.41 Å². The van der Waals surface area contributed by atoms with Crippen LogP contribution in [0.4, 0.5) is 0 Å². The summed E-state index contributed by atoms with van der Waals surface area (Å²) < 4.78 is 0. The van der Waals surface area contributed by atoms with Crippen LogP contribution in [0.1, 0.15) is 32.6 Å². The lowest BCUT2D eigenvalue weighted by Crippen LogP contribution is -2.56. The molecule has 0 aromatic rings. The smallest absolute Gasteiger partial charge is 0.312 e. The summed E-state index contributed by atoms with van der Waals surface area (Å²) >= 11 is 0. The van der Waals surface area contributed by atoms with Crippen molar-refractivity contribution in [1.29, 1.82) is 0 Å². The second-order valence-corrected chi connectivity index (χ2v) is 8.80. The molecule has 0 amide bonds. The van der Waals surface area contributed by atoms with Crippen LogP contribution in [0.5, 0.6) is 0 Å². The van der Waals surface area contributed by atoms with Crippen molar-refractivity contribution in [2.45, 2.75) is 50.4 Å². The van der Waals surface area contributed by atoms with E-state index in [9.17, 15) is 35.1 Å². The largest absolute Gasteiger partial charge is 0.481 e. The van der Waals surface area contributed by atoms with Crippen molar-refractivity contribution in [2.75, 3.05) is 0 Å². The minimum absolute atomic E-state index is 0.232. The Morgan fingerprint density at radius 1 is 1.27 bits per heavy atom.